The highest BCUT2D eigenvalue weighted by molar-refractivity contribution is 9.13. The van der Waals surface area contributed by atoms with E-state index in [-0.39, 0.29) is 0 Å². The van der Waals surface area contributed by atoms with Crippen LogP contribution in [0.1, 0.15) is 36.9 Å². The van der Waals surface area contributed by atoms with Gasteiger partial charge in [0, 0.05) is 15.4 Å². The van der Waals surface area contributed by atoms with Gasteiger partial charge in [-0.1, -0.05) is 6.92 Å². The van der Waals surface area contributed by atoms with E-state index in [2.05, 4.69) is 64.0 Å². The summed E-state index contributed by atoms with van der Waals surface area (Å²) in [7, 11) is 0. The largest absolute Gasteiger partial charge is 0.309 e. The van der Waals surface area contributed by atoms with Crippen molar-refractivity contribution in [3.63, 3.8) is 0 Å². The normalized spacial score (nSPS) is 12.9. The van der Waals surface area contributed by atoms with Crippen LogP contribution < -0.4 is 5.32 Å². The zero-order valence-corrected chi connectivity index (χ0v) is 15.9. The van der Waals surface area contributed by atoms with E-state index >= 15 is 0 Å². The van der Waals surface area contributed by atoms with E-state index in [1.807, 2.05) is 0 Å². The predicted molar refractivity (Wildman–Crippen MR) is 92.3 cm³/mol. The van der Waals surface area contributed by atoms with E-state index in [1.54, 1.807) is 22.7 Å². The number of aryl methyl sites for hydroxylation is 1. The quantitative estimate of drug-likeness (QED) is 0.660. The van der Waals surface area contributed by atoms with Crippen LogP contribution in [0.25, 0.3) is 9.88 Å². The van der Waals surface area contributed by atoms with Gasteiger partial charge in [0.15, 0.2) is 0 Å². The van der Waals surface area contributed by atoms with Gasteiger partial charge in [0.25, 0.3) is 0 Å². The van der Waals surface area contributed by atoms with Crippen LogP contribution in [-0.2, 0) is 0 Å². The van der Waals surface area contributed by atoms with Gasteiger partial charge in [-0.2, -0.15) is 0 Å². The molecule has 104 valence electrons. The summed E-state index contributed by atoms with van der Waals surface area (Å²) < 4.78 is 2.22. The van der Waals surface area contributed by atoms with E-state index in [0.29, 0.717) is 6.04 Å². The second kappa shape index (κ2) is 6.80. The molecule has 0 amide bonds. The van der Waals surface area contributed by atoms with E-state index in [1.165, 1.54) is 9.75 Å². The third kappa shape index (κ3) is 3.67. The van der Waals surface area contributed by atoms with Crippen LogP contribution in [0.5, 0.6) is 0 Å². The maximum absolute atomic E-state index is 4.71. The Morgan fingerprint density at radius 2 is 2.11 bits per heavy atom. The van der Waals surface area contributed by atoms with Gasteiger partial charge in [-0.15, -0.1) is 22.7 Å². The summed E-state index contributed by atoms with van der Waals surface area (Å²) in [6, 6.07) is 2.50. The Morgan fingerprint density at radius 1 is 1.37 bits per heavy atom. The summed E-state index contributed by atoms with van der Waals surface area (Å²) in [5.41, 5.74) is 1.14. The maximum Gasteiger partial charge on any atom is 0.134 e. The smallest absolute Gasteiger partial charge is 0.134 e. The van der Waals surface area contributed by atoms with Crippen molar-refractivity contribution in [2.75, 3.05) is 6.54 Å². The lowest BCUT2D eigenvalue weighted by Gasteiger charge is -2.11. The molecule has 1 unspecified atom stereocenters. The molecule has 2 rings (SSSR count). The van der Waals surface area contributed by atoms with Crippen molar-refractivity contribution in [2.45, 2.75) is 33.2 Å². The van der Waals surface area contributed by atoms with Gasteiger partial charge in [-0.3, -0.25) is 0 Å². The van der Waals surface area contributed by atoms with Gasteiger partial charge in [0.1, 0.15) is 5.01 Å². The number of rotatable bonds is 5. The van der Waals surface area contributed by atoms with Crippen LogP contribution in [0.15, 0.2) is 14.3 Å². The van der Waals surface area contributed by atoms with Crippen molar-refractivity contribution < 1.29 is 0 Å². The number of halogens is 2. The highest BCUT2D eigenvalue weighted by Gasteiger charge is 2.16. The van der Waals surface area contributed by atoms with E-state index in [9.17, 15) is 0 Å². The predicted octanol–water partition coefficient (Wildman–Crippen LogP) is 5.77. The lowest BCUT2D eigenvalue weighted by Crippen LogP contribution is -2.18. The van der Waals surface area contributed by atoms with Crippen molar-refractivity contribution in [3.8, 4) is 9.88 Å². The second-order valence-corrected chi connectivity index (χ2v) is 8.63. The minimum Gasteiger partial charge on any atom is -0.309 e. The van der Waals surface area contributed by atoms with Crippen molar-refractivity contribution in [2.24, 2.45) is 0 Å². The summed E-state index contributed by atoms with van der Waals surface area (Å²) in [4.78, 5) is 7.26. The first-order valence-corrected chi connectivity index (χ1v) is 9.40. The molecule has 2 aromatic heterocycles. The van der Waals surface area contributed by atoms with Crippen LogP contribution in [0.3, 0.4) is 0 Å². The monoisotopic (exact) mass is 422 g/mol. The number of nitrogens with zero attached hydrogens (tertiary/aromatic N) is 1. The fraction of sp³-hybridized carbons (Fsp3) is 0.462. The first kappa shape index (κ1) is 15.6. The average Bonchev–Trinajstić information content (AvgIpc) is 2.91. The fourth-order valence-electron chi connectivity index (χ4n) is 1.82. The molecule has 0 aliphatic rings. The van der Waals surface area contributed by atoms with Gasteiger partial charge in [-0.05, 0) is 64.7 Å². The van der Waals surface area contributed by atoms with Crippen LogP contribution >= 0.6 is 54.5 Å². The van der Waals surface area contributed by atoms with E-state index in [0.717, 1.165) is 31.9 Å². The van der Waals surface area contributed by atoms with E-state index < -0.39 is 0 Å². The van der Waals surface area contributed by atoms with Gasteiger partial charge >= 0.3 is 0 Å². The topological polar surface area (TPSA) is 24.9 Å². The minimum atomic E-state index is 0.373. The van der Waals surface area contributed by atoms with Gasteiger partial charge in [0.05, 0.1) is 14.4 Å². The zero-order chi connectivity index (χ0) is 14.0. The van der Waals surface area contributed by atoms with Crippen LogP contribution in [0.2, 0.25) is 0 Å². The maximum atomic E-state index is 4.71. The molecule has 0 saturated heterocycles. The summed E-state index contributed by atoms with van der Waals surface area (Å²) in [6.45, 7) is 7.53. The van der Waals surface area contributed by atoms with Crippen LogP contribution in [0.4, 0.5) is 0 Å². The molecule has 0 spiro atoms. The zero-order valence-electron chi connectivity index (χ0n) is 11.1. The first-order chi connectivity index (χ1) is 9.02. The van der Waals surface area contributed by atoms with E-state index in [4.69, 9.17) is 4.98 Å². The summed E-state index contributed by atoms with van der Waals surface area (Å²) in [6.07, 6.45) is 1.15. The Morgan fingerprint density at radius 3 is 2.68 bits per heavy atom. The molecule has 0 saturated carbocycles. The molecular formula is C13H16Br2N2S2. The number of hydrogen-bond donors (Lipinski definition) is 1. The second-order valence-electron chi connectivity index (χ2n) is 4.38. The number of thiophene rings is 1. The Kier molecular flexibility index (Phi) is 5.60. The number of nitrogens with one attached hydrogen (secondary N) is 1. The number of hydrogen-bond acceptors (Lipinski definition) is 4. The standard InChI is InChI=1S/C13H16Br2N2S2/c1-4-5-16-7(2)11-8(3)17-13(19-11)10-6-9(14)12(15)18-10/h6-7,16H,4-5H2,1-3H3. The molecule has 6 heteroatoms. The third-order valence-corrected chi connectivity index (χ3v) is 7.55. The van der Waals surface area contributed by atoms with Crippen molar-refractivity contribution >= 4 is 54.5 Å². The Bertz CT molecular complexity index is 543. The molecule has 19 heavy (non-hydrogen) atoms. The SMILES string of the molecule is CCCNC(C)c1sc(-c2cc(Br)c(Br)s2)nc1C. The Hall–Kier alpha value is 0.250. The molecule has 0 aliphatic heterocycles. The Labute approximate surface area is 138 Å². The van der Waals surface area contributed by atoms with Gasteiger partial charge in [-0.25, -0.2) is 4.98 Å². The molecule has 0 radical (unpaired) electrons. The molecule has 1 N–H and O–H groups in total. The fourth-order valence-corrected chi connectivity index (χ4v) is 4.99. The average molecular weight is 424 g/mol. The van der Waals surface area contributed by atoms with Crippen LogP contribution in [0, 0.1) is 6.92 Å². The molecule has 2 nitrogen and oxygen atoms in total. The van der Waals surface area contributed by atoms with Crippen molar-refractivity contribution in [3.05, 3.63) is 24.9 Å². The molecular weight excluding hydrogens is 408 g/mol. The molecule has 0 fully saturated rings. The summed E-state index contributed by atoms with van der Waals surface area (Å²) in [5.74, 6) is 0. The minimum absolute atomic E-state index is 0.373. The third-order valence-electron chi connectivity index (χ3n) is 2.78. The van der Waals surface area contributed by atoms with Crippen molar-refractivity contribution in [1.29, 1.82) is 0 Å². The molecule has 1 atom stereocenters. The lowest BCUT2D eigenvalue weighted by molar-refractivity contribution is 0.575. The molecule has 0 aromatic carbocycles. The Balaban J connectivity index is 2.25. The van der Waals surface area contributed by atoms with Crippen molar-refractivity contribution in [1.82, 2.24) is 10.3 Å². The lowest BCUT2D eigenvalue weighted by atomic mass is 10.2. The highest BCUT2D eigenvalue weighted by Crippen LogP contribution is 2.41. The molecule has 2 aromatic rings. The van der Waals surface area contributed by atoms with Gasteiger partial charge in [0.2, 0.25) is 0 Å². The summed E-state index contributed by atoms with van der Waals surface area (Å²) in [5, 5.41) is 4.63. The first-order valence-electron chi connectivity index (χ1n) is 6.18. The number of aromatic nitrogens is 1. The van der Waals surface area contributed by atoms with Crippen LogP contribution in [-0.4, -0.2) is 11.5 Å². The van der Waals surface area contributed by atoms with Gasteiger partial charge < -0.3 is 5.32 Å². The highest BCUT2D eigenvalue weighted by atomic mass is 79.9. The summed E-state index contributed by atoms with van der Waals surface area (Å²) >= 11 is 10.6. The number of thiazole rings is 1. The molecule has 0 aliphatic carbocycles. The molecule has 0 bridgehead atoms. The molecule has 2 heterocycles.